The molecule has 0 aliphatic carbocycles. The van der Waals surface area contributed by atoms with Crippen LogP contribution in [0.25, 0.3) is 10.9 Å². The SMILES string of the molecule is COc1c(C)cc2c(c1O)[C@@H]1[C@@H]3[C@@H]4SC[C@]5(N[C@H](CO)Cc6c5[nH]c5ccc(C)cc65)C(=O)OC[C@@H](c5c6c(c(C)c(OC(C)=O)c54)OCO6)N3[C@@H](O)[C@H](C2)N1C. The zero-order valence-electron chi connectivity index (χ0n) is 32.6. The molecule has 0 unspecified atom stereocenters. The number of carbonyl (C=O) groups excluding carboxylic acids is 2. The summed E-state index contributed by atoms with van der Waals surface area (Å²) in [6.07, 6.45) is -0.101. The Hall–Kier alpha value is -4.51. The van der Waals surface area contributed by atoms with Crippen molar-refractivity contribution in [3.63, 3.8) is 0 Å². The predicted molar refractivity (Wildman–Crippen MR) is 209 cm³/mol. The smallest absolute Gasteiger partial charge is 0.333 e. The molecule has 300 valence electrons. The van der Waals surface area contributed by atoms with Crippen LogP contribution in [0.15, 0.2) is 24.3 Å². The Bertz CT molecular complexity index is 2400. The van der Waals surface area contributed by atoms with Crippen LogP contribution in [0.1, 0.15) is 74.5 Å². The van der Waals surface area contributed by atoms with Crippen molar-refractivity contribution in [1.29, 1.82) is 0 Å². The molecule has 7 aliphatic rings. The Balaban J connectivity index is 1.24. The van der Waals surface area contributed by atoms with Crippen LogP contribution in [-0.2, 0) is 32.7 Å². The third kappa shape index (κ3) is 5.02. The number of nitrogens with one attached hydrogen (secondary N) is 2. The first-order valence-corrected chi connectivity index (χ1v) is 20.4. The molecule has 4 bridgehead atoms. The third-order valence-corrected chi connectivity index (χ3v) is 14.7. The second kappa shape index (κ2) is 13.0. The molecule has 8 heterocycles. The minimum Gasteiger partial charge on any atom is -0.504 e. The molecule has 2 saturated heterocycles. The fourth-order valence-corrected chi connectivity index (χ4v) is 12.5. The molecular formula is C42H46N4O10S. The number of fused-ring (bicyclic) bond motifs is 11. The molecule has 5 N–H and O–H groups in total. The van der Waals surface area contributed by atoms with Gasteiger partial charge in [0.25, 0.3) is 0 Å². The normalized spacial score (nSPS) is 30.0. The number of thioether (sulfide) groups is 1. The molecule has 1 aromatic heterocycles. The van der Waals surface area contributed by atoms with E-state index in [2.05, 4.69) is 21.3 Å². The lowest BCUT2D eigenvalue weighted by Crippen LogP contribution is -2.70. The highest BCUT2D eigenvalue weighted by Gasteiger charge is 2.62. The maximum absolute atomic E-state index is 15.0. The van der Waals surface area contributed by atoms with E-state index in [1.165, 1.54) is 18.7 Å². The molecule has 0 amide bonds. The molecule has 0 radical (unpaired) electrons. The number of aromatic hydroxyl groups is 1. The average Bonchev–Trinajstić information content (AvgIpc) is 3.82. The minimum absolute atomic E-state index is 0.0417. The molecular weight excluding hydrogens is 753 g/mol. The fourth-order valence-electron chi connectivity index (χ4n) is 10.8. The number of benzene rings is 3. The van der Waals surface area contributed by atoms with E-state index in [9.17, 15) is 20.1 Å². The highest BCUT2D eigenvalue weighted by atomic mass is 32.2. The number of aliphatic hydroxyl groups excluding tert-OH is 2. The number of esters is 2. The summed E-state index contributed by atoms with van der Waals surface area (Å²) in [5.41, 5.74) is 6.45. The van der Waals surface area contributed by atoms with E-state index in [1.807, 2.05) is 50.9 Å². The highest BCUT2D eigenvalue weighted by Crippen LogP contribution is 2.64. The fraction of sp³-hybridized carbons (Fsp3) is 0.476. The van der Waals surface area contributed by atoms with Gasteiger partial charge in [0.15, 0.2) is 28.5 Å². The monoisotopic (exact) mass is 798 g/mol. The number of aromatic amines is 1. The number of phenols is 1. The summed E-state index contributed by atoms with van der Waals surface area (Å²) in [5.74, 6) is 0.735. The number of hydrogen-bond acceptors (Lipinski definition) is 14. The Morgan fingerprint density at radius 2 is 1.86 bits per heavy atom. The van der Waals surface area contributed by atoms with E-state index in [0.29, 0.717) is 63.8 Å². The number of phenolic OH excluding ortho intramolecular Hbond substituents is 1. The standard InChI is InChI=1S/C42H46N4O10S/c1-17-7-8-25-23(9-17)24-12-22(13-47)44-42(39(24)43-25)15-57-38-30-29(37-36(54-16-55-37)19(3)35(30)56-20(4)48)27(14-53-41(42)51)46-32(38)31-28-21(11-26(40(46)50)45(31)5)10-18(2)34(52-6)33(28)49/h7-10,22,26-27,31-32,38,40,43-44,47,49-50H,11-16H2,1-6H3/t22-,26-,27-,31+,32+,38+,40-,42+/m0/s1. The van der Waals surface area contributed by atoms with Crippen LogP contribution in [0, 0.1) is 20.8 Å². The summed E-state index contributed by atoms with van der Waals surface area (Å²) in [6, 6.07) is 5.45. The number of carbonyl (C=O) groups is 2. The number of aromatic nitrogens is 1. The topological polar surface area (TPSA) is 175 Å². The second-order valence-corrected chi connectivity index (χ2v) is 17.5. The highest BCUT2D eigenvalue weighted by molar-refractivity contribution is 7.99. The average molecular weight is 799 g/mol. The molecule has 3 aromatic carbocycles. The molecule has 11 rings (SSSR count). The lowest BCUT2D eigenvalue weighted by molar-refractivity contribution is -0.186. The number of hydrogen-bond donors (Lipinski definition) is 5. The Morgan fingerprint density at radius 3 is 2.61 bits per heavy atom. The Labute approximate surface area is 333 Å². The van der Waals surface area contributed by atoms with E-state index in [1.54, 1.807) is 7.11 Å². The minimum atomic E-state index is -1.43. The van der Waals surface area contributed by atoms with Gasteiger partial charge >= 0.3 is 11.9 Å². The molecule has 4 aromatic rings. The van der Waals surface area contributed by atoms with Gasteiger partial charge in [0.1, 0.15) is 18.6 Å². The van der Waals surface area contributed by atoms with Gasteiger partial charge in [-0.15, -0.1) is 11.8 Å². The summed E-state index contributed by atoms with van der Waals surface area (Å²) < 4.78 is 30.7. The van der Waals surface area contributed by atoms with Crippen molar-refractivity contribution in [3.05, 3.63) is 74.5 Å². The van der Waals surface area contributed by atoms with Crippen LogP contribution in [-0.4, -0.2) is 106 Å². The third-order valence-electron chi connectivity index (χ3n) is 13.2. The van der Waals surface area contributed by atoms with Gasteiger partial charge in [-0.25, -0.2) is 4.79 Å². The summed E-state index contributed by atoms with van der Waals surface area (Å²) >= 11 is 1.48. The molecule has 15 heteroatoms. The van der Waals surface area contributed by atoms with Gasteiger partial charge in [0, 0.05) is 57.9 Å². The number of nitrogens with zero attached hydrogens (tertiary/aromatic N) is 2. The zero-order valence-corrected chi connectivity index (χ0v) is 33.4. The number of methoxy groups -OCH3 is 1. The van der Waals surface area contributed by atoms with Crippen LogP contribution in [0.3, 0.4) is 0 Å². The predicted octanol–water partition coefficient (Wildman–Crippen LogP) is 3.85. The number of H-pyrrole nitrogens is 1. The first-order chi connectivity index (χ1) is 27.4. The van der Waals surface area contributed by atoms with Gasteiger partial charge in [0.05, 0.1) is 42.8 Å². The van der Waals surface area contributed by atoms with Gasteiger partial charge in [-0.3, -0.25) is 19.9 Å². The van der Waals surface area contributed by atoms with Crippen molar-refractivity contribution in [3.8, 4) is 28.7 Å². The van der Waals surface area contributed by atoms with Gasteiger partial charge in [-0.1, -0.05) is 17.7 Å². The van der Waals surface area contributed by atoms with E-state index in [-0.39, 0.29) is 31.5 Å². The first kappa shape index (κ1) is 36.8. The first-order valence-electron chi connectivity index (χ1n) is 19.4. The van der Waals surface area contributed by atoms with Crippen molar-refractivity contribution in [2.75, 3.05) is 39.9 Å². The van der Waals surface area contributed by atoms with Crippen molar-refractivity contribution in [2.45, 2.75) is 87.8 Å². The lowest BCUT2D eigenvalue weighted by Gasteiger charge is -2.62. The molecule has 14 nitrogen and oxygen atoms in total. The van der Waals surface area contributed by atoms with Crippen molar-refractivity contribution in [2.24, 2.45) is 0 Å². The van der Waals surface area contributed by atoms with E-state index < -0.39 is 59.2 Å². The van der Waals surface area contributed by atoms with Crippen LogP contribution in [0.4, 0.5) is 0 Å². The number of aliphatic hydroxyl groups is 2. The summed E-state index contributed by atoms with van der Waals surface area (Å²) in [4.78, 5) is 35.7. The van der Waals surface area contributed by atoms with Gasteiger partial charge in [-0.05, 0) is 69.5 Å². The molecule has 0 saturated carbocycles. The van der Waals surface area contributed by atoms with E-state index in [0.717, 1.165) is 33.2 Å². The zero-order chi connectivity index (χ0) is 39.8. The summed E-state index contributed by atoms with van der Waals surface area (Å²) in [5, 5.41) is 39.3. The summed E-state index contributed by atoms with van der Waals surface area (Å²) in [7, 11) is 3.51. The van der Waals surface area contributed by atoms with E-state index in [4.69, 9.17) is 23.7 Å². The van der Waals surface area contributed by atoms with Crippen LogP contribution in [0.5, 0.6) is 28.7 Å². The number of aryl methyl sites for hydroxylation is 2. The van der Waals surface area contributed by atoms with Gasteiger partial charge in [0.2, 0.25) is 6.79 Å². The maximum Gasteiger partial charge on any atom is 0.333 e. The van der Waals surface area contributed by atoms with Crippen LogP contribution < -0.4 is 24.3 Å². The number of rotatable bonds is 3. The Morgan fingerprint density at radius 1 is 1.07 bits per heavy atom. The number of piperazine rings is 1. The van der Waals surface area contributed by atoms with Gasteiger partial charge in [-0.2, -0.15) is 0 Å². The van der Waals surface area contributed by atoms with Crippen LogP contribution >= 0.6 is 11.8 Å². The second-order valence-electron chi connectivity index (χ2n) is 16.3. The van der Waals surface area contributed by atoms with Crippen molar-refractivity contribution < 1.29 is 48.6 Å². The molecule has 1 spiro atoms. The molecule has 7 aliphatic heterocycles. The van der Waals surface area contributed by atoms with E-state index >= 15 is 4.79 Å². The maximum atomic E-state index is 15.0. The largest absolute Gasteiger partial charge is 0.504 e. The van der Waals surface area contributed by atoms with Crippen molar-refractivity contribution in [1.82, 2.24) is 20.1 Å². The molecule has 57 heavy (non-hydrogen) atoms. The Kier molecular flexibility index (Phi) is 8.39. The summed E-state index contributed by atoms with van der Waals surface area (Å²) in [6.45, 7) is 6.65. The quantitative estimate of drug-likeness (QED) is 0.149. The molecule has 2 fully saturated rings. The van der Waals surface area contributed by atoms with Crippen LogP contribution in [0.2, 0.25) is 0 Å². The lowest BCUT2D eigenvalue weighted by atomic mass is 9.73. The van der Waals surface area contributed by atoms with Gasteiger partial charge < -0.3 is 44.0 Å². The van der Waals surface area contributed by atoms with Crippen molar-refractivity contribution >= 4 is 34.6 Å². The number of likely N-dealkylation sites (N-methyl/N-ethyl adjacent to an activating group) is 1. The molecule has 8 atom stereocenters. The number of ether oxygens (including phenoxy) is 5.